The number of benzene rings is 1. The lowest BCUT2D eigenvalue weighted by Crippen LogP contribution is -2.35. The molecule has 0 saturated heterocycles. The number of fused-ring (bicyclic) bond motifs is 3. The summed E-state index contributed by atoms with van der Waals surface area (Å²) >= 11 is 0. The molecular weight excluding hydrogens is 236 g/mol. The quantitative estimate of drug-likeness (QED) is 0.849. The smallest absolute Gasteiger partial charge is 0.143 e. The molecule has 1 N–H and O–H groups in total. The van der Waals surface area contributed by atoms with Crippen LogP contribution in [0.2, 0.25) is 0 Å². The summed E-state index contributed by atoms with van der Waals surface area (Å²) in [6, 6.07) is 4.86. The van der Waals surface area contributed by atoms with E-state index in [1.807, 2.05) is 0 Å². The van der Waals surface area contributed by atoms with Crippen molar-refractivity contribution < 1.29 is 4.74 Å². The van der Waals surface area contributed by atoms with Crippen molar-refractivity contribution in [3.63, 3.8) is 0 Å². The van der Waals surface area contributed by atoms with Gasteiger partial charge in [0.25, 0.3) is 0 Å². The molecular formula is C16H20N2O. The lowest BCUT2D eigenvalue weighted by atomic mass is 9.90. The van der Waals surface area contributed by atoms with Gasteiger partial charge in [-0.3, -0.25) is 0 Å². The monoisotopic (exact) mass is 256 g/mol. The third-order valence-electron chi connectivity index (χ3n) is 4.72. The Morgan fingerprint density at radius 2 is 2.26 bits per heavy atom. The Balaban J connectivity index is 2.15. The second-order valence-corrected chi connectivity index (χ2v) is 5.72. The molecule has 100 valence electrons. The van der Waals surface area contributed by atoms with Crippen LogP contribution in [-0.2, 0) is 13.0 Å². The van der Waals surface area contributed by atoms with Crippen LogP contribution in [0.5, 0.6) is 5.75 Å². The molecule has 0 radical (unpaired) electrons. The van der Waals surface area contributed by atoms with Crippen molar-refractivity contribution in [3.05, 3.63) is 29.0 Å². The zero-order valence-corrected chi connectivity index (χ0v) is 11.6. The standard InChI is InChI=1S/C16H20N2O/c1-10-6-7-13(19-2)16-14(10)11-4-3-5-12-15(11)18(16)9-8-17-12/h6-7,12,17H,3-5,8-9H2,1-2H3. The zero-order valence-electron chi connectivity index (χ0n) is 11.6. The third-order valence-corrected chi connectivity index (χ3v) is 4.72. The van der Waals surface area contributed by atoms with Gasteiger partial charge in [0.2, 0.25) is 0 Å². The molecule has 1 atom stereocenters. The van der Waals surface area contributed by atoms with Crippen LogP contribution in [0.1, 0.15) is 35.7 Å². The van der Waals surface area contributed by atoms with Crippen molar-refractivity contribution in [3.8, 4) is 5.75 Å². The molecule has 4 rings (SSSR count). The van der Waals surface area contributed by atoms with Crippen molar-refractivity contribution in [1.82, 2.24) is 9.88 Å². The number of methoxy groups -OCH3 is 1. The summed E-state index contributed by atoms with van der Waals surface area (Å²) in [6.07, 6.45) is 3.77. The van der Waals surface area contributed by atoms with Gasteiger partial charge in [-0.1, -0.05) is 6.07 Å². The van der Waals surface area contributed by atoms with Gasteiger partial charge in [0, 0.05) is 30.2 Å². The number of hydrogen-bond acceptors (Lipinski definition) is 2. The fraction of sp³-hybridized carbons (Fsp3) is 0.500. The van der Waals surface area contributed by atoms with E-state index in [2.05, 4.69) is 28.9 Å². The summed E-state index contributed by atoms with van der Waals surface area (Å²) in [5.41, 5.74) is 5.80. The number of nitrogens with one attached hydrogen (secondary N) is 1. The van der Waals surface area contributed by atoms with E-state index in [-0.39, 0.29) is 0 Å². The second-order valence-electron chi connectivity index (χ2n) is 5.72. The van der Waals surface area contributed by atoms with Crippen LogP contribution in [0.25, 0.3) is 10.9 Å². The fourth-order valence-electron chi connectivity index (χ4n) is 3.95. The summed E-state index contributed by atoms with van der Waals surface area (Å²) < 4.78 is 8.13. The molecule has 2 aromatic rings. The van der Waals surface area contributed by atoms with Crippen LogP contribution in [0.15, 0.2) is 12.1 Å². The summed E-state index contributed by atoms with van der Waals surface area (Å²) in [6.45, 7) is 4.35. The highest BCUT2D eigenvalue weighted by Crippen LogP contribution is 2.42. The van der Waals surface area contributed by atoms with Crippen LogP contribution in [0, 0.1) is 6.92 Å². The van der Waals surface area contributed by atoms with E-state index in [9.17, 15) is 0 Å². The van der Waals surface area contributed by atoms with Crippen molar-refractivity contribution in [2.75, 3.05) is 13.7 Å². The first-order valence-electron chi connectivity index (χ1n) is 7.23. The molecule has 1 aromatic heterocycles. The van der Waals surface area contributed by atoms with Gasteiger partial charge in [0.05, 0.1) is 12.6 Å². The summed E-state index contributed by atoms with van der Waals surface area (Å²) in [5.74, 6) is 1.02. The Kier molecular flexibility index (Phi) is 2.39. The van der Waals surface area contributed by atoms with Gasteiger partial charge in [0.1, 0.15) is 5.75 Å². The fourth-order valence-corrected chi connectivity index (χ4v) is 3.95. The average Bonchev–Trinajstić information content (AvgIpc) is 2.78. The highest BCUT2D eigenvalue weighted by Gasteiger charge is 2.31. The Morgan fingerprint density at radius 3 is 3.11 bits per heavy atom. The Hall–Kier alpha value is -1.48. The molecule has 2 heterocycles. The average molecular weight is 256 g/mol. The second kappa shape index (κ2) is 4.01. The maximum Gasteiger partial charge on any atom is 0.143 e. The van der Waals surface area contributed by atoms with Gasteiger partial charge >= 0.3 is 0 Å². The minimum absolute atomic E-state index is 0.550. The van der Waals surface area contributed by atoms with Crippen LogP contribution >= 0.6 is 0 Å². The van der Waals surface area contributed by atoms with Crippen LogP contribution in [0.3, 0.4) is 0 Å². The van der Waals surface area contributed by atoms with Gasteiger partial charge < -0.3 is 14.6 Å². The molecule has 3 heteroatoms. The summed E-state index contributed by atoms with van der Waals surface area (Å²) in [4.78, 5) is 0. The van der Waals surface area contributed by atoms with Gasteiger partial charge in [-0.2, -0.15) is 0 Å². The van der Waals surface area contributed by atoms with E-state index in [0.29, 0.717) is 6.04 Å². The molecule has 3 nitrogen and oxygen atoms in total. The molecule has 0 bridgehead atoms. The molecule has 1 aliphatic carbocycles. The van der Waals surface area contributed by atoms with Crippen LogP contribution < -0.4 is 10.1 Å². The predicted molar refractivity (Wildman–Crippen MR) is 76.9 cm³/mol. The van der Waals surface area contributed by atoms with Gasteiger partial charge in [-0.05, 0) is 43.4 Å². The molecule has 0 spiro atoms. The number of ether oxygens (including phenoxy) is 1. The SMILES string of the molecule is COc1ccc(C)c2c3c4n(c12)CCNC4CCC3. The van der Waals surface area contributed by atoms with E-state index in [1.165, 1.54) is 41.4 Å². The van der Waals surface area contributed by atoms with Gasteiger partial charge in [0.15, 0.2) is 0 Å². The lowest BCUT2D eigenvalue weighted by Gasteiger charge is -2.31. The molecule has 1 unspecified atom stereocenters. The number of hydrogen-bond donors (Lipinski definition) is 1. The Morgan fingerprint density at radius 1 is 1.37 bits per heavy atom. The van der Waals surface area contributed by atoms with Crippen LogP contribution in [0.4, 0.5) is 0 Å². The molecule has 19 heavy (non-hydrogen) atoms. The van der Waals surface area contributed by atoms with Crippen molar-refractivity contribution >= 4 is 10.9 Å². The van der Waals surface area contributed by atoms with E-state index in [0.717, 1.165) is 18.8 Å². The highest BCUT2D eigenvalue weighted by atomic mass is 16.5. The minimum atomic E-state index is 0.550. The number of rotatable bonds is 1. The largest absolute Gasteiger partial charge is 0.495 e. The number of aryl methyl sites for hydroxylation is 2. The number of nitrogens with zero attached hydrogens (tertiary/aromatic N) is 1. The maximum atomic E-state index is 5.62. The van der Waals surface area contributed by atoms with Crippen LogP contribution in [-0.4, -0.2) is 18.2 Å². The third kappa shape index (κ3) is 1.42. The Labute approximate surface area is 113 Å². The molecule has 0 saturated carbocycles. The maximum absolute atomic E-state index is 5.62. The first-order valence-corrected chi connectivity index (χ1v) is 7.23. The molecule has 1 aromatic carbocycles. The Bertz CT molecular complexity index is 655. The summed E-state index contributed by atoms with van der Waals surface area (Å²) in [5, 5.41) is 5.12. The lowest BCUT2D eigenvalue weighted by molar-refractivity contribution is 0.379. The molecule has 0 amide bonds. The van der Waals surface area contributed by atoms with E-state index >= 15 is 0 Å². The van der Waals surface area contributed by atoms with E-state index in [1.54, 1.807) is 12.7 Å². The van der Waals surface area contributed by atoms with Crippen molar-refractivity contribution in [2.45, 2.75) is 38.8 Å². The minimum Gasteiger partial charge on any atom is -0.495 e. The number of aromatic nitrogens is 1. The summed E-state index contributed by atoms with van der Waals surface area (Å²) in [7, 11) is 1.78. The van der Waals surface area contributed by atoms with E-state index < -0.39 is 0 Å². The van der Waals surface area contributed by atoms with E-state index in [4.69, 9.17) is 4.74 Å². The molecule has 2 aliphatic rings. The predicted octanol–water partition coefficient (Wildman–Crippen LogP) is 2.94. The topological polar surface area (TPSA) is 26.2 Å². The highest BCUT2D eigenvalue weighted by molar-refractivity contribution is 5.93. The first-order chi connectivity index (χ1) is 9.31. The van der Waals surface area contributed by atoms with Crippen molar-refractivity contribution in [1.29, 1.82) is 0 Å². The van der Waals surface area contributed by atoms with Crippen molar-refractivity contribution in [2.24, 2.45) is 0 Å². The molecule has 0 fully saturated rings. The normalized spacial score (nSPS) is 21.5. The van der Waals surface area contributed by atoms with Gasteiger partial charge in [-0.15, -0.1) is 0 Å². The van der Waals surface area contributed by atoms with Gasteiger partial charge in [-0.25, -0.2) is 0 Å². The first kappa shape index (κ1) is 11.4. The zero-order chi connectivity index (χ0) is 13.0. The molecule has 1 aliphatic heterocycles.